The van der Waals surface area contributed by atoms with Gasteiger partial charge in [-0.25, -0.2) is 4.68 Å². The van der Waals surface area contributed by atoms with Gasteiger partial charge in [0.1, 0.15) is 0 Å². The van der Waals surface area contributed by atoms with Crippen molar-refractivity contribution in [3.05, 3.63) is 81.1 Å². The van der Waals surface area contributed by atoms with Gasteiger partial charge in [-0.15, -0.1) is 0 Å². The minimum atomic E-state index is 0.0669. The van der Waals surface area contributed by atoms with Crippen LogP contribution in [0.1, 0.15) is 28.9 Å². The lowest BCUT2D eigenvalue weighted by Crippen LogP contribution is -2.27. The second kappa shape index (κ2) is 8.80. The number of aromatic nitrogens is 2. The van der Waals surface area contributed by atoms with E-state index >= 15 is 0 Å². The molecular formula is C22H23Cl2N3O. The Bertz CT molecular complexity index is 983. The highest BCUT2D eigenvalue weighted by atomic mass is 35.5. The Morgan fingerprint density at radius 3 is 2.50 bits per heavy atom. The van der Waals surface area contributed by atoms with Crippen molar-refractivity contribution in [2.45, 2.75) is 33.2 Å². The Morgan fingerprint density at radius 1 is 1.11 bits per heavy atom. The van der Waals surface area contributed by atoms with E-state index in [-0.39, 0.29) is 5.91 Å². The summed E-state index contributed by atoms with van der Waals surface area (Å²) in [7, 11) is 1.82. The van der Waals surface area contributed by atoms with E-state index in [1.54, 1.807) is 17.0 Å². The first-order chi connectivity index (χ1) is 13.4. The summed E-state index contributed by atoms with van der Waals surface area (Å²) in [6.07, 6.45) is 0.975. The van der Waals surface area contributed by atoms with Crippen LogP contribution in [0.3, 0.4) is 0 Å². The maximum absolute atomic E-state index is 12.6. The number of hydrogen-bond donors (Lipinski definition) is 0. The molecule has 0 N–H and O–H groups in total. The van der Waals surface area contributed by atoms with Gasteiger partial charge < -0.3 is 4.90 Å². The van der Waals surface area contributed by atoms with E-state index in [0.717, 1.165) is 28.2 Å². The van der Waals surface area contributed by atoms with E-state index in [1.165, 1.54) is 0 Å². The first-order valence-corrected chi connectivity index (χ1v) is 9.91. The van der Waals surface area contributed by atoms with E-state index in [2.05, 4.69) is 5.10 Å². The van der Waals surface area contributed by atoms with Crippen molar-refractivity contribution < 1.29 is 4.79 Å². The average molecular weight is 416 g/mol. The maximum Gasteiger partial charge on any atom is 0.222 e. The average Bonchev–Trinajstić information content (AvgIpc) is 2.96. The summed E-state index contributed by atoms with van der Waals surface area (Å²) in [4.78, 5) is 14.4. The molecule has 28 heavy (non-hydrogen) atoms. The van der Waals surface area contributed by atoms with Gasteiger partial charge in [0.2, 0.25) is 5.91 Å². The highest BCUT2D eigenvalue weighted by Gasteiger charge is 2.17. The molecule has 146 valence electrons. The van der Waals surface area contributed by atoms with Crippen LogP contribution < -0.4 is 0 Å². The Morgan fingerprint density at radius 2 is 1.82 bits per heavy atom. The van der Waals surface area contributed by atoms with Crippen molar-refractivity contribution in [1.29, 1.82) is 0 Å². The smallest absolute Gasteiger partial charge is 0.222 e. The van der Waals surface area contributed by atoms with Crippen molar-refractivity contribution in [3.63, 3.8) is 0 Å². The fourth-order valence-electron chi connectivity index (χ4n) is 3.21. The van der Waals surface area contributed by atoms with E-state index in [4.69, 9.17) is 23.2 Å². The first-order valence-electron chi connectivity index (χ1n) is 9.15. The van der Waals surface area contributed by atoms with Crippen LogP contribution in [0.4, 0.5) is 0 Å². The Balaban J connectivity index is 1.68. The molecule has 3 aromatic rings. The third-order valence-electron chi connectivity index (χ3n) is 4.89. The molecule has 0 fully saturated rings. The molecule has 0 saturated carbocycles. The summed E-state index contributed by atoms with van der Waals surface area (Å²) >= 11 is 12.1. The molecule has 2 aromatic carbocycles. The number of carbonyl (C=O) groups is 1. The largest absolute Gasteiger partial charge is 0.341 e. The number of hydrogen-bond acceptors (Lipinski definition) is 2. The number of nitrogens with zero attached hydrogens (tertiary/aromatic N) is 3. The lowest BCUT2D eigenvalue weighted by atomic mass is 10.1. The van der Waals surface area contributed by atoms with Crippen molar-refractivity contribution in [2.75, 3.05) is 7.05 Å². The van der Waals surface area contributed by atoms with Gasteiger partial charge in [-0.2, -0.15) is 5.10 Å². The topological polar surface area (TPSA) is 38.1 Å². The molecule has 0 unspecified atom stereocenters. The van der Waals surface area contributed by atoms with Crippen molar-refractivity contribution >= 4 is 29.1 Å². The number of benzene rings is 2. The third kappa shape index (κ3) is 4.57. The second-order valence-electron chi connectivity index (χ2n) is 6.88. The highest BCUT2D eigenvalue weighted by molar-refractivity contribution is 6.35. The Hall–Kier alpha value is -2.30. The third-order valence-corrected chi connectivity index (χ3v) is 5.47. The number of para-hydroxylation sites is 1. The van der Waals surface area contributed by atoms with E-state index in [9.17, 15) is 4.79 Å². The van der Waals surface area contributed by atoms with Gasteiger partial charge in [0.15, 0.2) is 0 Å². The molecule has 0 spiro atoms. The zero-order valence-electron chi connectivity index (χ0n) is 16.2. The van der Waals surface area contributed by atoms with Crippen LogP contribution in [0.25, 0.3) is 5.69 Å². The van der Waals surface area contributed by atoms with Gasteiger partial charge in [-0.05, 0) is 50.1 Å². The van der Waals surface area contributed by atoms with Crippen LogP contribution in [0.2, 0.25) is 10.0 Å². The van der Waals surface area contributed by atoms with Crippen LogP contribution >= 0.6 is 23.2 Å². The van der Waals surface area contributed by atoms with Gasteiger partial charge in [0.25, 0.3) is 0 Å². The molecule has 0 atom stereocenters. The molecule has 1 amide bonds. The molecule has 0 saturated heterocycles. The van der Waals surface area contributed by atoms with Gasteiger partial charge in [0.05, 0.1) is 11.4 Å². The summed E-state index contributed by atoms with van der Waals surface area (Å²) in [5.41, 5.74) is 4.99. The standard InChI is InChI=1S/C22H23Cl2N3O/c1-15-20(16(2)27(25-15)19-7-5-4-6-8-19)14-26(3)22(28)12-10-17-9-11-18(23)13-21(17)24/h4-9,11,13H,10,12,14H2,1-3H3. The van der Waals surface area contributed by atoms with Crippen molar-refractivity contribution in [1.82, 2.24) is 14.7 Å². The van der Waals surface area contributed by atoms with Crippen molar-refractivity contribution in [3.8, 4) is 5.69 Å². The molecule has 0 radical (unpaired) electrons. The fourth-order valence-corrected chi connectivity index (χ4v) is 3.71. The number of amides is 1. The number of carbonyl (C=O) groups excluding carboxylic acids is 1. The molecule has 4 nitrogen and oxygen atoms in total. The summed E-state index contributed by atoms with van der Waals surface area (Å²) in [5, 5.41) is 5.85. The van der Waals surface area contributed by atoms with Gasteiger partial charge in [-0.1, -0.05) is 47.5 Å². The summed E-state index contributed by atoms with van der Waals surface area (Å²) < 4.78 is 1.93. The zero-order chi connectivity index (χ0) is 20.3. The Kier molecular flexibility index (Phi) is 6.42. The zero-order valence-corrected chi connectivity index (χ0v) is 17.8. The lowest BCUT2D eigenvalue weighted by molar-refractivity contribution is -0.130. The minimum absolute atomic E-state index is 0.0669. The summed E-state index contributed by atoms with van der Waals surface area (Å²) in [5.74, 6) is 0.0669. The second-order valence-corrected chi connectivity index (χ2v) is 7.73. The van der Waals surface area contributed by atoms with Crippen molar-refractivity contribution in [2.24, 2.45) is 0 Å². The van der Waals surface area contributed by atoms with Crippen LogP contribution in [0, 0.1) is 13.8 Å². The molecule has 1 aromatic heterocycles. The van der Waals surface area contributed by atoms with Gasteiger partial charge in [-0.3, -0.25) is 4.79 Å². The predicted molar refractivity (Wildman–Crippen MR) is 114 cm³/mol. The maximum atomic E-state index is 12.6. The molecule has 6 heteroatoms. The molecule has 0 aliphatic heterocycles. The van der Waals surface area contributed by atoms with E-state index < -0.39 is 0 Å². The van der Waals surface area contributed by atoms with Crippen LogP contribution in [0.15, 0.2) is 48.5 Å². The predicted octanol–water partition coefficient (Wildman–Crippen LogP) is 5.39. The first kappa shape index (κ1) is 20.4. The molecule has 1 heterocycles. The lowest BCUT2D eigenvalue weighted by Gasteiger charge is -2.18. The highest BCUT2D eigenvalue weighted by Crippen LogP contribution is 2.23. The summed E-state index contributed by atoms with van der Waals surface area (Å²) in [6, 6.07) is 15.4. The summed E-state index contributed by atoms with van der Waals surface area (Å²) in [6.45, 7) is 4.54. The quantitative estimate of drug-likeness (QED) is 0.541. The van der Waals surface area contributed by atoms with Gasteiger partial charge >= 0.3 is 0 Å². The van der Waals surface area contributed by atoms with Crippen LogP contribution in [-0.2, 0) is 17.8 Å². The number of aryl methyl sites for hydroxylation is 2. The molecule has 0 aliphatic carbocycles. The molecule has 0 aliphatic rings. The molecular weight excluding hydrogens is 393 g/mol. The van der Waals surface area contributed by atoms with Crippen LogP contribution in [0.5, 0.6) is 0 Å². The van der Waals surface area contributed by atoms with E-state index in [0.29, 0.717) is 29.4 Å². The normalized spacial score (nSPS) is 10.9. The SMILES string of the molecule is Cc1nn(-c2ccccc2)c(C)c1CN(C)C(=O)CCc1ccc(Cl)cc1Cl. The Labute approximate surface area is 175 Å². The number of halogens is 2. The monoisotopic (exact) mass is 415 g/mol. The fraction of sp³-hybridized carbons (Fsp3) is 0.273. The van der Waals surface area contributed by atoms with Gasteiger partial charge in [0, 0.05) is 41.3 Å². The molecule has 3 rings (SSSR count). The van der Waals surface area contributed by atoms with Crippen LogP contribution in [-0.4, -0.2) is 27.6 Å². The minimum Gasteiger partial charge on any atom is -0.341 e. The van der Waals surface area contributed by atoms with E-state index in [1.807, 2.05) is 62.0 Å². The molecule has 0 bridgehead atoms. The number of rotatable bonds is 6.